The lowest BCUT2D eigenvalue weighted by Gasteiger charge is -2.08. The second kappa shape index (κ2) is 7.87. The van der Waals surface area contributed by atoms with Gasteiger partial charge in [0.15, 0.2) is 11.5 Å². The Morgan fingerprint density at radius 1 is 1.26 bits per heavy atom. The molecule has 0 fully saturated rings. The van der Waals surface area contributed by atoms with Crippen molar-refractivity contribution in [3.8, 4) is 0 Å². The summed E-state index contributed by atoms with van der Waals surface area (Å²) in [7, 11) is 0. The molecule has 0 bridgehead atoms. The predicted molar refractivity (Wildman–Crippen MR) is 88.5 cm³/mol. The van der Waals surface area contributed by atoms with Gasteiger partial charge < -0.3 is 10.6 Å². The number of aromatic nitrogens is 2. The van der Waals surface area contributed by atoms with Crippen LogP contribution in [0, 0.1) is 11.7 Å². The summed E-state index contributed by atoms with van der Waals surface area (Å²) in [4.78, 5) is 11.9. The van der Waals surface area contributed by atoms with Gasteiger partial charge in [0.25, 0.3) is 5.91 Å². The predicted octanol–water partition coefficient (Wildman–Crippen LogP) is 3.79. The Hall–Kier alpha value is -2.21. The zero-order chi connectivity index (χ0) is 16.8. The maximum Gasteiger partial charge on any atom is 0.271 e. The van der Waals surface area contributed by atoms with Crippen LogP contribution in [0.4, 0.5) is 15.9 Å². The molecule has 1 aromatic heterocycles. The first kappa shape index (κ1) is 17.1. The largest absolute Gasteiger partial charge is 0.351 e. The molecule has 0 unspecified atom stereocenters. The van der Waals surface area contributed by atoms with Crippen LogP contribution in [-0.4, -0.2) is 22.6 Å². The molecule has 1 amide bonds. The molecular formula is C16H18ClFN4O. The number of anilines is 2. The van der Waals surface area contributed by atoms with E-state index in [1.165, 1.54) is 18.2 Å². The van der Waals surface area contributed by atoms with E-state index >= 15 is 0 Å². The molecule has 1 heterocycles. The number of carbonyl (C=O) groups excluding carboxylic acids is 1. The first-order valence-electron chi connectivity index (χ1n) is 7.29. The number of benzene rings is 1. The van der Waals surface area contributed by atoms with Crippen LogP contribution in [0.2, 0.25) is 5.02 Å². The van der Waals surface area contributed by atoms with E-state index in [9.17, 15) is 9.18 Å². The van der Waals surface area contributed by atoms with Gasteiger partial charge in [-0.15, -0.1) is 10.2 Å². The van der Waals surface area contributed by atoms with Gasteiger partial charge in [0, 0.05) is 12.2 Å². The van der Waals surface area contributed by atoms with Crippen molar-refractivity contribution >= 4 is 29.0 Å². The number of nitrogens with zero attached hydrogens (tertiary/aromatic N) is 2. The summed E-state index contributed by atoms with van der Waals surface area (Å²) in [6, 6.07) is 7.45. The number of rotatable bonds is 6. The number of hydrogen-bond acceptors (Lipinski definition) is 4. The topological polar surface area (TPSA) is 66.9 Å². The molecule has 5 nitrogen and oxygen atoms in total. The van der Waals surface area contributed by atoms with Crippen molar-refractivity contribution < 1.29 is 9.18 Å². The summed E-state index contributed by atoms with van der Waals surface area (Å²) in [5.41, 5.74) is 0.830. The minimum absolute atomic E-state index is 0.0177. The van der Waals surface area contributed by atoms with E-state index in [1.807, 2.05) is 0 Å². The average Bonchev–Trinajstić information content (AvgIpc) is 2.51. The molecule has 0 radical (unpaired) electrons. The molecule has 23 heavy (non-hydrogen) atoms. The molecule has 122 valence electrons. The van der Waals surface area contributed by atoms with Crippen molar-refractivity contribution in [1.82, 2.24) is 15.5 Å². The van der Waals surface area contributed by atoms with Gasteiger partial charge in [0.2, 0.25) is 0 Å². The highest BCUT2D eigenvalue weighted by Crippen LogP contribution is 2.21. The van der Waals surface area contributed by atoms with Gasteiger partial charge in [0.1, 0.15) is 5.82 Å². The van der Waals surface area contributed by atoms with Crippen LogP contribution in [-0.2, 0) is 0 Å². The van der Waals surface area contributed by atoms with Crippen LogP contribution in [0.15, 0.2) is 30.3 Å². The highest BCUT2D eigenvalue weighted by Gasteiger charge is 2.08. The van der Waals surface area contributed by atoms with E-state index in [0.29, 0.717) is 24.0 Å². The van der Waals surface area contributed by atoms with Gasteiger partial charge in [-0.25, -0.2) is 4.39 Å². The number of amides is 1. The third kappa shape index (κ3) is 5.17. The van der Waals surface area contributed by atoms with Crippen molar-refractivity contribution in [3.63, 3.8) is 0 Å². The van der Waals surface area contributed by atoms with Crippen molar-refractivity contribution in [2.24, 2.45) is 5.92 Å². The fourth-order valence-corrected chi connectivity index (χ4v) is 1.99. The minimum Gasteiger partial charge on any atom is -0.351 e. The normalized spacial score (nSPS) is 10.7. The quantitative estimate of drug-likeness (QED) is 0.842. The minimum atomic E-state index is -0.489. The third-order valence-corrected chi connectivity index (χ3v) is 3.39. The van der Waals surface area contributed by atoms with Crippen molar-refractivity contribution in [2.75, 3.05) is 11.9 Å². The van der Waals surface area contributed by atoms with Crippen molar-refractivity contribution in [2.45, 2.75) is 20.3 Å². The fraction of sp³-hybridized carbons (Fsp3) is 0.312. The third-order valence-electron chi connectivity index (χ3n) is 3.10. The lowest BCUT2D eigenvalue weighted by molar-refractivity contribution is 0.0946. The second-order valence-corrected chi connectivity index (χ2v) is 5.90. The molecule has 0 saturated heterocycles. The Bertz CT molecular complexity index is 676. The van der Waals surface area contributed by atoms with Crippen molar-refractivity contribution in [1.29, 1.82) is 0 Å². The van der Waals surface area contributed by atoms with E-state index in [1.54, 1.807) is 12.1 Å². The van der Waals surface area contributed by atoms with Gasteiger partial charge >= 0.3 is 0 Å². The zero-order valence-corrected chi connectivity index (χ0v) is 13.7. The summed E-state index contributed by atoms with van der Waals surface area (Å²) in [5.74, 6) is 0.216. The number of halogens is 2. The highest BCUT2D eigenvalue weighted by atomic mass is 35.5. The van der Waals surface area contributed by atoms with E-state index in [-0.39, 0.29) is 16.6 Å². The van der Waals surface area contributed by atoms with Gasteiger partial charge in [-0.2, -0.15) is 0 Å². The summed E-state index contributed by atoms with van der Waals surface area (Å²) in [6.07, 6.45) is 0.907. The monoisotopic (exact) mass is 336 g/mol. The highest BCUT2D eigenvalue weighted by molar-refractivity contribution is 6.31. The maximum atomic E-state index is 13.1. The van der Waals surface area contributed by atoms with Crippen LogP contribution in [0.5, 0.6) is 0 Å². The average molecular weight is 337 g/mol. The lowest BCUT2D eigenvalue weighted by Crippen LogP contribution is -2.26. The Morgan fingerprint density at radius 2 is 2.04 bits per heavy atom. The van der Waals surface area contributed by atoms with E-state index in [0.717, 1.165) is 6.42 Å². The standard InChI is InChI=1S/C16H18ClFN4O/c1-10(2)7-8-19-16(23)14-5-6-15(22-21-14)20-11-3-4-13(18)12(17)9-11/h3-6,9-10H,7-8H2,1-2H3,(H,19,23)(H,20,22). The van der Waals surface area contributed by atoms with E-state index in [4.69, 9.17) is 11.6 Å². The molecule has 7 heteroatoms. The Labute approximate surface area is 139 Å². The number of nitrogens with one attached hydrogen (secondary N) is 2. The van der Waals surface area contributed by atoms with Crippen molar-refractivity contribution in [3.05, 3.63) is 46.9 Å². The molecule has 0 aliphatic rings. The van der Waals surface area contributed by atoms with Gasteiger partial charge in [-0.05, 0) is 42.7 Å². The molecule has 0 atom stereocenters. The number of hydrogen-bond donors (Lipinski definition) is 2. The van der Waals surface area contributed by atoms with Gasteiger partial charge in [-0.1, -0.05) is 25.4 Å². The summed E-state index contributed by atoms with van der Waals surface area (Å²) in [6.45, 7) is 4.79. The molecule has 0 saturated carbocycles. The first-order chi connectivity index (χ1) is 11.0. The second-order valence-electron chi connectivity index (χ2n) is 5.50. The molecule has 2 N–H and O–H groups in total. The van der Waals surface area contributed by atoms with Crippen LogP contribution in [0.3, 0.4) is 0 Å². The molecule has 1 aromatic carbocycles. The van der Waals surface area contributed by atoms with E-state index in [2.05, 4.69) is 34.7 Å². The van der Waals surface area contributed by atoms with Crippen LogP contribution in [0.25, 0.3) is 0 Å². The van der Waals surface area contributed by atoms with Gasteiger partial charge in [-0.3, -0.25) is 4.79 Å². The molecule has 0 spiro atoms. The smallest absolute Gasteiger partial charge is 0.271 e. The van der Waals surface area contributed by atoms with Crippen LogP contribution >= 0.6 is 11.6 Å². The molecule has 2 rings (SSSR count). The fourth-order valence-electron chi connectivity index (χ4n) is 1.81. The number of carbonyl (C=O) groups is 1. The van der Waals surface area contributed by atoms with Crippen LogP contribution in [0.1, 0.15) is 30.8 Å². The lowest BCUT2D eigenvalue weighted by atomic mass is 10.1. The summed E-state index contributed by atoms with van der Waals surface area (Å²) >= 11 is 5.71. The van der Waals surface area contributed by atoms with Gasteiger partial charge in [0.05, 0.1) is 5.02 Å². The zero-order valence-electron chi connectivity index (χ0n) is 12.9. The Balaban J connectivity index is 1.96. The molecule has 0 aliphatic carbocycles. The molecule has 2 aromatic rings. The van der Waals surface area contributed by atoms with E-state index < -0.39 is 5.82 Å². The Kier molecular flexibility index (Phi) is 5.87. The summed E-state index contributed by atoms with van der Waals surface area (Å²) in [5, 5.41) is 13.6. The molecular weight excluding hydrogens is 319 g/mol. The SMILES string of the molecule is CC(C)CCNC(=O)c1ccc(Nc2ccc(F)c(Cl)c2)nn1. The van der Waals surface area contributed by atoms with Crippen LogP contribution < -0.4 is 10.6 Å². The summed E-state index contributed by atoms with van der Waals surface area (Å²) < 4.78 is 13.1. The Morgan fingerprint density at radius 3 is 2.65 bits per heavy atom. The first-order valence-corrected chi connectivity index (χ1v) is 7.67. The maximum absolute atomic E-state index is 13.1. The molecule has 0 aliphatic heterocycles.